The maximum atomic E-state index is 13.7. The van der Waals surface area contributed by atoms with Gasteiger partial charge in [0.25, 0.3) is 0 Å². The number of halogens is 3. The van der Waals surface area contributed by atoms with E-state index < -0.39 is 5.92 Å². The molecule has 1 atom stereocenters. The van der Waals surface area contributed by atoms with Gasteiger partial charge < -0.3 is 11.1 Å². The van der Waals surface area contributed by atoms with Crippen molar-refractivity contribution in [2.75, 3.05) is 16.0 Å². The first kappa shape index (κ1) is 29.4. The summed E-state index contributed by atoms with van der Waals surface area (Å²) in [6.45, 7) is 4.01. The smallest absolute Gasteiger partial charge is 0.234 e. The molecule has 0 spiro atoms. The number of rotatable bonds is 6. The fourth-order valence-corrected chi connectivity index (χ4v) is 7.51. The summed E-state index contributed by atoms with van der Waals surface area (Å²) in [6, 6.07) is 14.2. The number of allylic oxidation sites excluding steroid dienone is 3. The molecule has 0 bridgehead atoms. The molecular formula is C28H23Cl3N6O2S2. The lowest BCUT2D eigenvalue weighted by Gasteiger charge is -2.42. The molecule has 1 unspecified atom stereocenters. The first-order chi connectivity index (χ1) is 19.5. The van der Waals surface area contributed by atoms with Crippen LogP contribution in [0, 0.1) is 16.7 Å². The Kier molecular flexibility index (Phi) is 8.37. The number of carbonyl (C=O) groups excluding carboxylic acids is 2. The number of thioether (sulfide) groups is 1. The molecule has 2 aromatic carbocycles. The second kappa shape index (κ2) is 11.7. The van der Waals surface area contributed by atoms with Gasteiger partial charge in [-0.05, 0) is 36.1 Å². The Labute approximate surface area is 260 Å². The monoisotopic (exact) mass is 644 g/mol. The number of benzene rings is 2. The average molecular weight is 646 g/mol. The van der Waals surface area contributed by atoms with E-state index in [0.29, 0.717) is 53.5 Å². The van der Waals surface area contributed by atoms with Crippen molar-refractivity contribution >= 4 is 80.4 Å². The molecule has 1 aromatic heterocycles. The summed E-state index contributed by atoms with van der Waals surface area (Å²) in [5.74, 6) is -0.986. The van der Waals surface area contributed by atoms with Gasteiger partial charge in [-0.25, -0.2) is 0 Å². The zero-order valence-electron chi connectivity index (χ0n) is 21.9. The summed E-state index contributed by atoms with van der Waals surface area (Å²) in [4.78, 5) is 27.9. The molecule has 3 N–H and O–H groups in total. The minimum Gasteiger partial charge on any atom is -0.384 e. The van der Waals surface area contributed by atoms with Crippen LogP contribution in [0.5, 0.6) is 0 Å². The Morgan fingerprint density at radius 3 is 2.51 bits per heavy atom. The summed E-state index contributed by atoms with van der Waals surface area (Å²) < 4.78 is 0.514. The highest BCUT2D eigenvalue weighted by atomic mass is 35.5. The van der Waals surface area contributed by atoms with E-state index in [9.17, 15) is 14.9 Å². The molecule has 41 heavy (non-hydrogen) atoms. The number of hydrogen-bond acceptors (Lipinski definition) is 9. The summed E-state index contributed by atoms with van der Waals surface area (Å²) in [5, 5.41) is 23.1. The van der Waals surface area contributed by atoms with Crippen molar-refractivity contribution in [1.29, 1.82) is 5.26 Å². The summed E-state index contributed by atoms with van der Waals surface area (Å²) in [5.41, 5.74) is 8.49. The van der Waals surface area contributed by atoms with Gasteiger partial charge in [-0.2, -0.15) is 5.26 Å². The van der Waals surface area contributed by atoms with Crippen LogP contribution in [-0.4, -0.2) is 27.6 Å². The number of aromatic nitrogens is 2. The molecule has 210 valence electrons. The third-order valence-electron chi connectivity index (χ3n) is 6.73. The molecule has 1 aliphatic carbocycles. The SMILES string of the molecule is CC1(C)CC(=O)C2=C(C1)N(c1nnc(SCC(=O)Nc3ccccc3Cl)s1)C(N)=C(C#N)C2c1c(Cl)cccc1Cl. The maximum Gasteiger partial charge on any atom is 0.234 e. The lowest BCUT2D eigenvalue weighted by molar-refractivity contribution is -0.118. The minimum atomic E-state index is -0.814. The van der Waals surface area contributed by atoms with Gasteiger partial charge in [0.1, 0.15) is 5.82 Å². The van der Waals surface area contributed by atoms with Crippen LogP contribution in [-0.2, 0) is 9.59 Å². The number of carbonyl (C=O) groups is 2. The van der Waals surface area contributed by atoms with E-state index in [0.717, 1.165) is 0 Å². The number of para-hydroxylation sites is 1. The fourth-order valence-electron chi connectivity index (χ4n) is 5.03. The fraction of sp³-hybridized carbons (Fsp3) is 0.250. The van der Waals surface area contributed by atoms with Crippen molar-refractivity contribution in [1.82, 2.24) is 10.2 Å². The molecule has 2 heterocycles. The highest BCUT2D eigenvalue weighted by molar-refractivity contribution is 8.01. The molecular weight excluding hydrogens is 623 g/mol. The van der Waals surface area contributed by atoms with Crippen LogP contribution in [0.4, 0.5) is 10.8 Å². The average Bonchev–Trinajstić information content (AvgIpc) is 3.36. The number of nitrogens with one attached hydrogen (secondary N) is 1. The second-order valence-corrected chi connectivity index (χ2v) is 13.7. The number of amides is 1. The van der Waals surface area contributed by atoms with Gasteiger partial charge in [0.05, 0.1) is 34.0 Å². The van der Waals surface area contributed by atoms with Crippen LogP contribution in [0.1, 0.15) is 38.2 Å². The number of nitrogens with zero attached hydrogens (tertiary/aromatic N) is 4. The summed E-state index contributed by atoms with van der Waals surface area (Å²) in [7, 11) is 0. The third-order valence-corrected chi connectivity index (χ3v) is 9.76. The number of Topliss-reactive ketones (excluding diaryl/α,β-unsaturated/α-hetero) is 1. The molecule has 2 aliphatic rings. The van der Waals surface area contributed by atoms with E-state index in [2.05, 4.69) is 21.6 Å². The Bertz CT molecular complexity index is 1660. The maximum absolute atomic E-state index is 13.7. The van der Waals surface area contributed by atoms with Gasteiger partial charge in [0.2, 0.25) is 11.0 Å². The standard InChI is InChI=1S/C28H23Cl3N6O2S2/c1-28(2)10-19-24(20(38)11-28)22(23-16(30)7-5-8-17(23)31)14(12-32)25(33)37(19)26-35-36-27(41-26)40-13-21(39)34-18-9-4-3-6-15(18)29/h3-9,22H,10-11,13,33H2,1-2H3,(H,34,39). The first-order valence-corrected chi connectivity index (χ1v) is 15.3. The van der Waals surface area contributed by atoms with E-state index in [1.54, 1.807) is 47.4 Å². The van der Waals surface area contributed by atoms with E-state index in [-0.39, 0.29) is 40.7 Å². The Hall–Kier alpha value is -3.07. The largest absolute Gasteiger partial charge is 0.384 e. The molecule has 5 rings (SSSR count). The predicted octanol–water partition coefficient (Wildman–Crippen LogP) is 7.17. The lowest BCUT2D eigenvalue weighted by Crippen LogP contribution is -2.42. The molecule has 3 aromatic rings. The van der Waals surface area contributed by atoms with Gasteiger partial charge in [0, 0.05) is 33.3 Å². The van der Waals surface area contributed by atoms with Crippen molar-refractivity contribution in [2.24, 2.45) is 11.1 Å². The van der Waals surface area contributed by atoms with Crippen LogP contribution in [0.3, 0.4) is 0 Å². The van der Waals surface area contributed by atoms with Gasteiger partial charge in [-0.1, -0.05) is 89.9 Å². The van der Waals surface area contributed by atoms with E-state index >= 15 is 0 Å². The van der Waals surface area contributed by atoms with Gasteiger partial charge in [0.15, 0.2) is 10.1 Å². The first-order valence-electron chi connectivity index (χ1n) is 12.4. The van der Waals surface area contributed by atoms with Crippen molar-refractivity contribution in [2.45, 2.75) is 36.9 Å². The summed E-state index contributed by atoms with van der Waals surface area (Å²) in [6.07, 6.45) is 0.781. The van der Waals surface area contributed by atoms with E-state index in [1.165, 1.54) is 23.1 Å². The molecule has 0 saturated carbocycles. The quantitative estimate of drug-likeness (QED) is 0.270. The van der Waals surface area contributed by atoms with Crippen molar-refractivity contribution < 1.29 is 9.59 Å². The molecule has 1 amide bonds. The normalized spacial score (nSPS) is 18.3. The molecule has 1 aliphatic heterocycles. The van der Waals surface area contributed by atoms with Gasteiger partial charge in [-0.15, -0.1) is 10.2 Å². The predicted molar refractivity (Wildman–Crippen MR) is 164 cm³/mol. The minimum absolute atomic E-state index is 0.0706. The van der Waals surface area contributed by atoms with Crippen molar-refractivity contribution in [3.8, 4) is 6.07 Å². The molecule has 0 radical (unpaired) electrons. The molecule has 0 saturated heterocycles. The summed E-state index contributed by atoms with van der Waals surface area (Å²) >= 11 is 21.7. The number of anilines is 2. The van der Waals surface area contributed by atoms with Gasteiger partial charge >= 0.3 is 0 Å². The number of nitrogens with two attached hydrogens (primary N) is 1. The number of hydrogen-bond donors (Lipinski definition) is 2. The topological polar surface area (TPSA) is 125 Å². The number of ketones is 1. The van der Waals surface area contributed by atoms with Crippen molar-refractivity contribution in [3.63, 3.8) is 0 Å². The van der Waals surface area contributed by atoms with E-state index in [1.807, 2.05) is 13.8 Å². The molecule has 0 fully saturated rings. The second-order valence-electron chi connectivity index (χ2n) is 10.3. The van der Waals surface area contributed by atoms with Crippen LogP contribution in [0.15, 0.2) is 69.5 Å². The lowest BCUT2D eigenvalue weighted by atomic mass is 9.68. The Morgan fingerprint density at radius 2 is 1.83 bits per heavy atom. The third kappa shape index (κ3) is 5.83. The van der Waals surface area contributed by atoms with Crippen molar-refractivity contribution in [3.05, 3.63) is 85.8 Å². The van der Waals surface area contributed by atoms with Crippen LogP contribution < -0.4 is 16.0 Å². The zero-order valence-corrected chi connectivity index (χ0v) is 25.8. The highest BCUT2D eigenvalue weighted by Gasteiger charge is 2.46. The van der Waals surface area contributed by atoms with E-state index in [4.69, 9.17) is 40.5 Å². The Balaban J connectivity index is 1.50. The van der Waals surface area contributed by atoms with Gasteiger partial charge in [-0.3, -0.25) is 14.5 Å². The molecule has 8 nitrogen and oxygen atoms in total. The van der Waals surface area contributed by atoms with Crippen LogP contribution in [0.2, 0.25) is 15.1 Å². The number of nitriles is 1. The Morgan fingerprint density at radius 1 is 1.15 bits per heavy atom. The zero-order chi connectivity index (χ0) is 29.5. The highest BCUT2D eigenvalue weighted by Crippen LogP contribution is 2.52. The van der Waals surface area contributed by atoms with Crippen LogP contribution >= 0.6 is 57.9 Å². The molecule has 13 heteroatoms. The van der Waals surface area contributed by atoms with Crippen LogP contribution in [0.25, 0.3) is 0 Å².